The van der Waals surface area contributed by atoms with Gasteiger partial charge in [0.1, 0.15) is 0 Å². The van der Waals surface area contributed by atoms with Crippen molar-refractivity contribution >= 4 is 5.69 Å². The number of rotatable bonds is 5. The second kappa shape index (κ2) is 7.02. The maximum absolute atomic E-state index is 3.76. The molecule has 2 aliphatic rings. The molecule has 0 radical (unpaired) electrons. The van der Waals surface area contributed by atoms with E-state index in [-0.39, 0.29) is 12.4 Å². The van der Waals surface area contributed by atoms with E-state index in [0.29, 0.717) is 6.04 Å². The van der Waals surface area contributed by atoms with E-state index >= 15 is 0 Å². The van der Waals surface area contributed by atoms with Crippen LogP contribution in [0.4, 0.5) is 5.69 Å². The molecule has 3 rings (SSSR count). The predicted molar refractivity (Wildman–Crippen MR) is 86.0 cm³/mol. The fourth-order valence-corrected chi connectivity index (χ4v) is 4.25. The highest BCUT2D eigenvalue weighted by Gasteiger charge is 2.41. The minimum absolute atomic E-state index is 0. The lowest BCUT2D eigenvalue weighted by Gasteiger charge is -2.28. The molecule has 21 heavy (non-hydrogen) atoms. The number of nitrogens with zero attached hydrogens (tertiary/aromatic N) is 1. The predicted octanol–water partition coefficient (Wildman–Crippen LogP) is 0.671. The van der Waals surface area contributed by atoms with Gasteiger partial charge in [-0.3, -0.25) is 0 Å². The van der Waals surface area contributed by atoms with Crippen LogP contribution in [0.3, 0.4) is 0 Å². The van der Waals surface area contributed by atoms with Gasteiger partial charge < -0.3 is 22.6 Å². The van der Waals surface area contributed by atoms with Crippen LogP contribution in [0.2, 0.25) is 0 Å². The van der Waals surface area contributed by atoms with E-state index in [9.17, 15) is 0 Å². The third-order valence-corrected chi connectivity index (χ3v) is 5.52. The smallest absolute Gasteiger partial charge is 0.0361 e. The molecule has 4 unspecified atom stereocenters. The average Bonchev–Trinajstić information content (AvgIpc) is 3.08. The Bertz CT molecular complexity index is 443. The monoisotopic (exact) mass is 307 g/mol. The molecule has 0 saturated heterocycles. The second-order valence-electron chi connectivity index (χ2n) is 7.07. The third-order valence-electron chi connectivity index (χ3n) is 5.52. The van der Waals surface area contributed by atoms with E-state index in [2.05, 4.69) is 55.5 Å². The van der Waals surface area contributed by atoms with Gasteiger partial charge in [-0.05, 0) is 61.6 Å². The van der Waals surface area contributed by atoms with Gasteiger partial charge in [0.2, 0.25) is 0 Å². The highest BCUT2D eigenvalue weighted by Crippen LogP contribution is 2.49. The van der Waals surface area contributed by atoms with Crippen LogP contribution < -0.4 is 22.6 Å². The van der Waals surface area contributed by atoms with Gasteiger partial charge in [-0.1, -0.05) is 18.6 Å². The minimum Gasteiger partial charge on any atom is -1.00 e. The number of anilines is 1. The van der Waals surface area contributed by atoms with Crippen LogP contribution in [0.15, 0.2) is 24.3 Å². The van der Waals surface area contributed by atoms with E-state index in [0.717, 1.165) is 24.3 Å². The van der Waals surface area contributed by atoms with Crippen molar-refractivity contribution < 1.29 is 12.4 Å². The van der Waals surface area contributed by atoms with Crippen molar-refractivity contribution in [3.8, 4) is 0 Å². The fourth-order valence-electron chi connectivity index (χ4n) is 4.25. The molecule has 0 heterocycles. The first-order valence-corrected chi connectivity index (χ1v) is 8.13. The SMILES string of the molecule is CC(NCc1ccc(N(C)C)cc1)C1CC2CCC1C2.[Cl-]. The van der Waals surface area contributed by atoms with Gasteiger partial charge in [0.25, 0.3) is 0 Å². The summed E-state index contributed by atoms with van der Waals surface area (Å²) in [5.74, 6) is 2.99. The van der Waals surface area contributed by atoms with E-state index < -0.39 is 0 Å². The van der Waals surface area contributed by atoms with Gasteiger partial charge in [-0.2, -0.15) is 0 Å². The van der Waals surface area contributed by atoms with E-state index in [1.54, 1.807) is 0 Å². The van der Waals surface area contributed by atoms with E-state index in [1.165, 1.54) is 36.9 Å². The lowest BCUT2D eigenvalue weighted by Crippen LogP contribution is -3.00. The molecule has 118 valence electrons. The zero-order valence-corrected chi connectivity index (χ0v) is 14.2. The first-order chi connectivity index (χ1) is 9.63. The summed E-state index contributed by atoms with van der Waals surface area (Å²) in [5, 5.41) is 3.76. The summed E-state index contributed by atoms with van der Waals surface area (Å²) >= 11 is 0. The topological polar surface area (TPSA) is 15.3 Å². The molecule has 1 N–H and O–H groups in total. The highest BCUT2D eigenvalue weighted by molar-refractivity contribution is 5.45. The molecule has 1 aromatic carbocycles. The Labute approximate surface area is 135 Å². The van der Waals surface area contributed by atoms with Crippen LogP contribution in [0.5, 0.6) is 0 Å². The first-order valence-electron chi connectivity index (χ1n) is 8.13. The van der Waals surface area contributed by atoms with Gasteiger partial charge in [0, 0.05) is 32.4 Å². The molecule has 0 aromatic heterocycles. The molecular weight excluding hydrogens is 280 g/mol. The maximum atomic E-state index is 3.76. The Balaban J connectivity index is 0.00000161. The molecule has 3 heteroatoms. The lowest BCUT2D eigenvalue weighted by atomic mass is 9.84. The molecule has 2 aliphatic carbocycles. The molecule has 0 spiro atoms. The fraction of sp³-hybridized carbons (Fsp3) is 0.667. The Morgan fingerprint density at radius 2 is 1.86 bits per heavy atom. The van der Waals surface area contributed by atoms with Crippen molar-refractivity contribution in [3.63, 3.8) is 0 Å². The number of halogens is 1. The van der Waals surface area contributed by atoms with Crippen LogP contribution in [-0.4, -0.2) is 20.1 Å². The van der Waals surface area contributed by atoms with Gasteiger partial charge in [-0.15, -0.1) is 0 Å². The van der Waals surface area contributed by atoms with Gasteiger partial charge in [-0.25, -0.2) is 0 Å². The molecule has 2 nitrogen and oxygen atoms in total. The lowest BCUT2D eigenvalue weighted by molar-refractivity contribution is -0.00000437. The molecule has 2 bridgehead atoms. The third kappa shape index (κ3) is 3.73. The molecule has 2 saturated carbocycles. The standard InChI is InChI=1S/C18H28N2.ClH/c1-13(18-11-15-4-7-16(18)10-15)19-12-14-5-8-17(9-6-14)20(2)3;/h5-6,8-9,13,15-16,18-19H,4,7,10-12H2,1-3H3;1H/p-1. The summed E-state index contributed by atoms with van der Waals surface area (Å²) in [6.07, 6.45) is 5.96. The summed E-state index contributed by atoms with van der Waals surface area (Å²) < 4.78 is 0. The van der Waals surface area contributed by atoms with Gasteiger partial charge >= 0.3 is 0 Å². The Kier molecular flexibility index (Phi) is 5.56. The summed E-state index contributed by atoms with van der Waals surface area (Å²) in [7, 11) is 4.18. The molecule has 0 amide bonds. The molecule has 0 aliphatic heterocycles. The summed E-state index contributed by atoms with van der Waals surface area (Å²) in [6, 6.07) is 9.57. The van der Waals surface area contributed by atoms with Crippen molar-refractivity contribution in [2.45, 2.75) is 45.2 Å². The van der Waals surface area contributed by atoms with Crippen molar-refractivity contribution in [1.29, 1.82) is 0 Å². The average molecular weight is 308 g/mol. The van der Waals surface area contributed by atoms with Crippen molar-refractivity contribution in [3.05, 3.63) is 29.8 Å². The number of nitrogens with one attached hydrogen (secondary N) is 1. The number of benzene rings is 1. The van der Waals surface area contributed by atoms with E-state index in [4.69, 9.17) is 0 Å². The Morgan fingerprint density at radius 3 is 2.38 bits per heavy atom. The quantitative estimate of drug-likeness (QED) is 0.860. The van der Waals surface area contributed by atoms with E-state index in [1.807, 2.05) is 0 Å². The van der Waals surface area contributed by atoms with Crippen molar-refractivity contribution in [2.75, 3.05) is 19.0 Å². The largest absolute Gasteiger partial charge is 1.00 e. The Morgan fingerprint density at radius 1 is 1.14 bits per heavy atom. The van der Waals surface area contributed by atoms with Gasteiger partial charge in [0.05, 0.1) is 0 Å². The van der Waals surface area contributed by atoms with Crippen LogP contribution in [0.1, 0.15) is 38.2 Å². The van der Waals surface area contributed by atoms with Crippen molar-refractivity contribution in [1.82, 2.24) is 5.32 Å². The number of hydrogen-bond donors (Lipinski definition) is 1. The first kappa shape index (κ1) is 16.6. The van der Waals surface area contributed by atoms with Crippen LogP contribution >= 0.6 is 0 Å². The zero-order valence-electron chi connectivity index (χ0n) is 13.5. The number of hydrogen-bond acceptors (Lipinski definition) is 2. The number of fused-ring (bicyclic) bond motifs is 2. The maximum Gasteiger partial charge on any atom is 0.0361 e. The molecular formula is C18H28ClN2-. The highest BCUT2D eigenvalue weighted by atomic mass is 35.5. The van der Waals surface area contributed by atoms with Gasteiger partial charge in [0.15, 0.2) is 0 Å². The summed E-state index contributed by atoms with van der Waals surface area (Å²) in [6.45, 7) is 3.39. The molecule has 1 aromatic rings. The van der Waals surface area contributed by atoms with Crippen LogP contribution in [-0.2, 0) is 6.54 Å². The minimum atomic E-state index is 0. The second-order valence-corrected chi connectivity index (χ2v) is 7.07. The normalized spacial score (nSPS) is 28.2. The van der Waals surface area contributed by atoms with Crippen LogP contribution in [0.25, 0.3) is 0 Å². The van der Waals surface area contributed by atoms with Crippen molar-refractivity contribution in [2.24, 2.45) is 17.8 Å². The molecule has 2 fully saturated rings. The van der Waals surface area contributed by atoms with Crippen LogP contribution in [0, 0.1) is 17.8 Å². The summed E-state index contributed by atoms with van der Waals surface area (Å²) in [5.41, 5.74) is 2.67. The Hall–Kier alpha value is -0.730. The summed E-state index contributed by atoms with van der Waals surface area (Å²) in [4.78, 5) is 2.15. The zero-order chi connectivity index (χ0) is 14.1. The molecule has 4 atom stereocenters.